The molecule has 2 unspecified atom stereocenters. The molecule has 0 bridgehead atoms. The van der Waals surface area contributed by atoms with E-state index >= 15 is 0 Å². The molecule has 0 radical (unpaired) electrons. The van der Waals surface area contributed by atoms with Gasteiger partial charge in [0.2, 0.25) is 0 Å². The van der Waals surface area contributed by atoms with Crippen LogP contribution < -0.4 is 10.2 Å². The van der Waals surface area contributed by atoms with Gasteiger partial charge in [-0.25, -0.2) is 9.97 Å². The maximum atomic E-state index is 6.06. The molecule has 0 saturated carbocycles. The molecule has 3 aromatic rings. The van der Waals surface area contributed by atoms with Crippen molar-refractivity contribution in [1.82, 2.24) is 20.3 Å². The summed E-state index contributed by atoms with van der Waals surface area (Å²) in [5.74, 6) is 1.62. The standard InChI is InChI=1S/C21H22ClN5/c1-14-13-27(15(2)11-24-14)20-10-19(16-5-7-18(22)8-6-16)25-21(26-20)17-4-3-9-23-12-17/h3-10,12,14-15,24H,11,13H2,1-2H3. The van der Waals surface area contributed by atoms with E-state index in [9.17, 15) is 0 Å². The number of benzene rings is 1. The molecule has 1 aliphatic rings. The lowest BCUT2D eigenvalue weighted by atomic mass is 10.1. The van der Waals surface area contributed by atoms with E-state index in [2.05, 4.69) is 35.1 Å². The molecule has 1 N–H and O–H groups in total. The van der Waals surface area contributed by atoms with Crippen molar-refractivity contribution in [3.8, 4) is 22.6 Å². The van der Waals surface area contributed by atoms with Gasteiger partial charge in [-0.3, -0.25) is 4.98 Å². The zero-order valence-corrected chi connectivity index (χ0v) is 16.2. The highest BCUT2D eigenvalue weighted by atomic mass is 35.5. The molecule has 3 heterocycles. The molecule has 0 spiro atoms. The van der Waals surface area contributed by atoms with Crippen molar-refractivity contribution in [2.45, 2.75) is 25.9 Å². The SMILES string of the molecule is CC1CN(c2cc(-c3ccc(Cl)cc3)nc(-c3cccnc3)n2)C(C)CN1. The summed E-state index contributed by atoms with van der Waals surface area (Å²) in [4.78, 5) is 16.3. The predicted molar refractivity (Wildman–Crippen MR) is 110 cm³/mol. The van der Waals surface area contributed by atoms with E-state index in [0.29, 0.717) is 22.9 Å². The maximum absolute atomic E-state index is 6.06. The van der Waals surface area contributed by atoms with Gasteiger partial charge in [0, 0.05) is 59.8 Å². The molecule has 4 rings (SSSR count). The normalized spacial score (nSPS) is 19.9. The Morgan fingerprint density at radius 2 is 1.89 bits per heavy atom. The molecule has 6 heteroatoms. The van der Waals surface area contributed by atoms with Crippen LogP contribution in [0.2, 0.25) is 5.02 Å². The summed E-state index contributed by atoms with van der Waals surface area (Å²) in [6, 6.07) is 14.5. The van der Waals surface area contributed by atoms with Gasteiger partial charge in [0.25, 0.3) is 0 Å². The molecular weight excluding hydrogens is 358 g/mol. The largest absolute Gasteiger partial charge is 0.351 e. The van der Waals surface area contributed by atoms with Crippen LogP contribution in [-0.4, -0.2) is 40.1 Å². The Bertz CT molecular complexity index is 914. The number of hydrogen-bond donors (Lipinski definition) is 1. The molecule has 0 aliphatic carbocycles. The number of pyridine rings is 1. The lowest BCUT2D eigenvalue weighted by Gasteiger charge is -2.38. The quantitative estimate of drug-likeness (QED) is 0.744. The molecule has 2 aromatic heterocycles. The van der Waals surface area contributed by atoms with Gasteiger partial charge in [0.1, 0.15) is 5.82 Å². The highest BCUT2D eigenvalue weighted by Crippen LogP contribution is 2.28. The third-order valence-electron chi connectivity index (χ3n) is 4.83. The topological polar surface area (TPSA) is 53.9 Å². The van der Waals surface area contributed by atoms with Gasteiger partial charge in [-0.15, -0.1) is 0 Å². The van der Waals surface area contributed by atoms with Crippen LogP contribution in [0.1, 0.15) is 13.8 Å². The van der Waals surface area contributed by atoms with E-state index in [-0.39, 0.29) is 0 Å². The third kappa shape index (κ3) is 3.94. The lowest BCUT2D eigenvalue weighted by Crippen LogP contribution is -2.54. The second-order valence-electron chi connectivity index (χ2n) is 6.99. The Labute approximate surface area is 164 Å². The van der Waals surface area contributed by atoms with Gasteiger partial charge < -0.3 is 10.2 Å². The number of rotatable bonds is 3. The average molecular weight is 380 g/mol. The second kappa shape index (κ2) is 7.62. The van der Waals surface area contributed by atoms with Crippen LogP contribution in [0.15, 0.2) is 54.9 Å². The smallest absolute Gasteiger partial charge is 0.163 e. The summed E-state index contributed by atoms with van der Waals surface area (Å²) >= 11 is 6.06. The Morgan fingerprint density at radius 1 is 1.07 bits per heavy atom. The van der Waals surface area contributed by atoms with Crippen LogP contribution in [0.4, 0.5) is 5.82 Å². The fourth-order valence-corrected chi connectivity index (χ4v) is 3.44. The van der Waals surface area contributed by atoms with Gasteiger partial charge in [0.15, 0.2) is 5.82 Å². The van der Waals surface area contributed by atoms with E-state index in [1.165, 1.54) is 0 Å². The van der Waals surface area contributed by atoms with E-state index in [4.69, 9.17) is 21.6 Å². The van der Waals surface area contributed by atoms with Crippen molar-refractivity contribution < 1.29 is 0 Å². The molecule has 27 heavy (non-hydrogen) atoms. The Morgan fingerprint density at radius 3 is 2.63 bits per heavy atom. The van der Waals surface area contributed by atoms with E-state index in [0.717, 1.165) is 35.7 Å². The number of nitrogens with zero attached hydrogens (tertiary/aromatic N) is 4. The monoisotopic (exact) mass is 379 g/mol. The molecule has 1 saturated heterocycles. The predicted octanol–water partition coefficient (Wildman–Crippen LogP) is 4.05. The number of anilines is 1. The number of halogens is 1. The minimum absolute atomic E-state index is 0.357. The molecule has 2 atom stereocenters. The summed E-state index contributed by atoms with van der Waals surface area (Å²) in [7, 11) is 0. The second-order valence-corrected chi connectivity index (χ2v) is 7.43. The van der Waals surface area contributed by atoms with Gasteiger partial charge >= 0.3 is 0 Å². The fraction of sp³-hybridized carbons (Fsp3) is 0.286. The lowest BCUT2D eigenvalue weighted by molar-refractivity contribution is 0.422. The number of hydrogen-bond acceptors (Lipinski definition) is 5. The van der Waals surface area contributed by atoms with Crippen molar-refractivity contribution >= 4 is 17.4 Å². The minimum atomic E-state index is 0.357. The van der Waals surface area contributed by atoms with Crippen LogP contribution in [0.25, 0.3) is 22.6 Å². The first-order valence-corrected chi connectivity index (χ1v) is 9.53. The first-order valence-electron chi connectivity index (χ1n) is 9.15. The summed E-state index contributed by atoms with van der Waals surface area (Å²) in [5.41, 5.74) is 2.81. The van der Waals surface area contributed by atoms with Crippen molar-refractivity contribution in [1.29, 1.82) is 0 Å². The molecule has 1 aromatic carbocycles. The van der Waals surface area contributed by atoms with E-state index in [1.54, 1.807) is 12.4 Å². The first-order chi connectivity index (χ1) is 13.1. The molecule has 5 nitrogen and oxygen atoms in total. The number of nitrogens with one attached hydrogen (secondary N) is 1. The van der Waals surface area contributed by atoms with Crippen LogP contribution in [0, 0.1) is 0 Å². The average Bonchev–Trinajstić information content (AvgIpc) is 2.70. The van der Waals surface area contributed by atoms with Crippen molar-refractivity contribution in [2.24, 2.45) is 0 Å². The highest BCUT2D eigenvalue weighted by Gasteiger charge is 2.24. The van der Waals surface area contributed by atoms with Gasteiger partial charge in [-0.05, 0) is 38.1 Å². The van der Waals surface area contributed by atoms with Gasteiger partial charge in [-0.2, -0.15) is 0 Å². The molecule has 138 valence electrons. The number of aromatic nitrogens is 3. The van der Waals surface area contributed by atoms with Crippen LogP contribution in [0.3, 0.4) is 0 Å². The molecule has 1 aliphatic heterocycles. The van der Waals surface area contributed by atoms with Crippen LogP contribution in [-0.2, 0) is 0 Å². The molecule has 1 fully saturated rings. The summed E-state index contributed by atoms with van der Waals surface area (Å²) < 4.78 is 0. The van der Waals surface area contributed by atoms with Crippen LogP contribution >= 0.6 is 11.6 Å². The van der Waals surface area contributed by atoms with Crippen molar-refractivity contribution in [3.63, 3.8) is 0 Å². The Kier molecular flexibility index (Phi) is 5.05. The van der Waals surface area contributed by atoms with Crippen LogP contribution in [0.5, 0.6) is 0 Å². The zero-order chi connectivity index (χ0) is 18.8. The van der Waals surface area contributed by atoms with E-state index in [1.807, 2.05) is 36.4 Å². The van der Waals surface area contributed by atoms with Crippen molar-refractivity contribution in [2.75, 3.05) is 18.0 Å². The zero-order valence-electron chi connectivity index (χ0n) is 15.4. The van der Waals surface area contributed by atoms with E-state index < -0.39 is 0 Å². The summed E-state index contributed by atoms with van der Waals surface area (Å²) in [6.45, 7) is 6.25. The molecular formula is C21H22ClN5. The highest BCUT2D eigenvalue weighted by molar-refractivity contribution is 6.30. The van der Waals surface area contributed by atoms with Gasteiger partial charge in [-0.1, -0.05) is 23.7 Å². The molecule has 0 amide bonds. The third-order valence-corrected chi connectivity index (χ3v) is 5.08. The Hall–Kier alpha value is -2.50. The first kappa shape index (κ1) is 17.9. The Balaban J connectivity index is 1.82. The van der Waals surface area contributed by atoms with Gasteiger partial charge in [0.05, 0.1) is 5.69 Å². The minimum Gasteiger partial charge on any atom is -0.351 e. The maximum Gasteiger partial charge on any atom is 0.163 e. The van der Waals surface area contributed by atoms with Crippen molar-refractivity contribution in [3.05, 3.63) is 59.9 Å². The number of piperazine rings is 1. The summed E-state index contributed by atoms with van der Waals surface area (Å²) in [6.07, 6.45) is 3.56. The fourth-order valence-electron chi connectivity index (χ4n) is 3.32. The summed E-state index contributed by atoms with van der Waals surface area (Å²) in [5, 5.41) is 4.23.